The van der Waals surface area contributed by atoms with Gasteiger partial charge in [-0.1, -0.05) is 18.5 Å². The molecule has 0 bridgehead atoms. The van der Waals surface area contributed by atoms with E-state index in [1.165, 1.54) is 18.3 Å². The SMILES string of the molecule is CC1CCCN(C(=O)c2ccnc(Nc3ccc(Cl)c(C(F)(F)F)c3)n2)C1. The number of hydrogen-bond donors (Lipinski definition) is 1. The molecule has 1 fully saturated rings. The van der Waals surface area contributed by atoms with Crippen molar-refractivity contribution in [2.75, 3.05) is 18.4 Å². The molecular weight excluding hydrogens is 381 g/mol. The van der Waals surface area contributed by atoms with E-state index in [4.69, 9.17) is 11.6 Å². The number of aromatic nitrogens is 2. The molecule has 0 spiro atoms. The Morgan fingerprint density at radius 2 is 2.11 bits per heavy atom. The number of anilines is 2. The van der Waals surface area contributed by atoms with E-state index >= 15 is 0 Å². The number of amides is 1. The summed E-state index contributed by atoms with van der Waals surface area (Å²) in [7, 11) is 0. The highest BCUT2D eigenvalue weighted by atomic mass is 35.5. The summed E-state index contributed by atoms with van der Waals surface area (Å²) in [5, 5.41) is 2.31. The third kappa shape index (κ3) is 4.68. The van der Waals surface area contributed by atoms with Gasteiger partial charge in [0.05, 0.1) is 10.6 Å². The van der Waals surface area contributed by atoms with Gasteiger partial charge in [0.1, 0.15) is 5.69 Å². The molecule has 1 aromatic heterocycles. The van der Waals surface area contributed by atoms with E-state index in [0.29, 0.717) is 19.0 Å². The monoisotopic (exact) mass is 398 g/mol. The zero-order valence-electron chi connectivity index (χ0n) is 14.6. The van der Waals surface area contributed by atoms with Crippen LogP contribution in [-0.4, -0.2) is 33.9 Å². The van der Waals surface area contributed by atoms with Crippen LogP contribution < -0.4 is 5.32 Å². The first-order valence-electron chi connectivity index (χ1n) is 8.50. The fourth-order valence-electron chi connectivity index (χ4n) is 3.02. The predicted molar refractivity (Wildman–Crippen MR) is 96.1 cm³/mol. The van der Waals surface area contributed by atoms with Crippen molar-refractivity contribution in [3.05, 3.63) is 46.7 Å². The molecule has 0 saturated carbocycles. The molecular formula is C18H18ClF3N4O. The first-order chi connectivity index (χ1) is 12.7. The molecule has 0 radical (unpaired) electrons. The third-order valence-corrected chi connectivity index (χ3v) is 4.68. The second-order valence-corrected chi connectivity index (χ2v) is 6.99. The Labute approximate surface area is 159 Å². The topological polar surface area (TPSA) is 58.1 Å². The van der Waals surface area contributed by atoms with E-state index in [-0.39, 0.29) is 23.2 Å². The van der Waals surface area contributed by atoms with E-state index in [1.54, 1.807) is 4.90 Å². The maximum Gasteiger partial charge on any atom is 0.417 e. The third-order valence-electron chi connectivity index (χ3n) is 4.35. The van der Waals surface area contributed by atoms with Crippen LogP contribution in [0.3, 0.4) is 0 Å². The zero-order chi connectivity index (χ0) is 19.6. The quantitative estimate of drug-likeness (QED) is 0.809. The smallest absolute Gasteiger partial charge is 0.337 e. The average Bonchev–Trinajstić information content (AvgIpc) is 2.62. The fraction of sp³-hybridized carbons (Fsp3) is 0.389. The van der Waals surface area contributed by atoms with Crippen molar-refractivity contribution >= 4 is 29.1 Å². The minimum atomic E-state index is -4.57. The Bertz CT molecular complexity index is 844. The summed E-state index contributed by atoms with van der Waals surface area (Å²) in [6.45, 7) is 3.42. The summed E-state index contributed by atoms with van der Waals surface area (Å²) in [6, 6.07) is 4.92. The fourth-order valence-corrected chi connectivity index (χ4v) is 3.25. The lowest BCUT2D eigenvalue weighted by Gasteiger charge is -2.30. The lowest BCUT2D eigenvalue weighted by atomic mass is 10.00. The van der Waals surface area contributed by atoms with Crippen molar-refractivity contribution < 1.29 is 18.0 Å². The second kappa shape index (κ2) is 7.72. The van der Waals surface area contributed by atoms with Crippen LogP contribution in [0.1, 0.15) is 35.8 Å². The van der Waals surface area contributed by atoms with Crippen molar-refractivity contribution in [2.24, 2.45) is 5.92 Å². The van der Waals surface area contributed by atoms with Gasteiger partial charge in [-0.25, -0.2) is 9.97 Å². The van der Waals surface area contributed by atoms with Crippen LogP contribution in [0, 0.1) is 5.92 Å². The van der Waals surface area contributed by atoms with Gasteiger partial charge in [-0.3, -0.25) is 4.79 Å². The van der Waals surface area contributed by atoms with Gasteiger partial charge in [0.15, 0.2) is 0 Å². The Morgan fingerprint density at radius 1 is 1.33 bits per heavy atom. The summed E-state index contributed by atoms with van der Waals surface area (Å²) in [5.74, 6) is 0.262. The highest BCUT2D eigenvalue weighted by Gasteiger charge is 2.33. The molecule has 2 aromatic rings. The summed E-state index contributed by atoms with van der Waals surface area (Å²) in [4.78, 5) is 22.5. The molecule has 3 rings (SSSR count). The largest absolute Gasteiger partial charge is 0.417 e. The van der Waals surface area contributed by atoms with Crippen LogP contribution in [0.4, 0.5) is 24.8 Å². The lowest BCUT2D eigenvalue weighted by Crippen LogP contribution is -2.39. The number of alkyl halides is 3. The zero-order valence-corrected chi connectivity index (χ0v) is 15.3. The maximum absolute atomic E-state index is 13.0. The van der Waals surface area contributed by atoms with E-state index in [9.17, 15) is 18.0 Å². The molecule has 0 aliphatic carbocycles. The highest BCUT2D eigenvalue weighted by Crippen LogP contribution is 2.36. The molecule has 1 saturated heterocycles. The van der Waals surface area contributed by atoms with E-state index in [1.807, 2.05) is 0 Å². The Hall–Kier alpha value is -2.35. The number of likely N-dealkylation sites (tertiary alicyclic amines) is 1. The van der Waals surface area contributed by atoms with Crippen LogP contribution in [0.2, 0.25) is 5.02 Å². The van der Waals surface area contributed by atoms with Crippen molar-refractivity contribution in [2.45, 2.75) is 25.9 Å². The van der Waals surface area contributed by atoms with Gasteiger partial charge >= 0.3 is 6.18 Å². The summed E-state index contributed by atoms with van der Waals surface area (Å²) < 4.78 is 38.9. The normalized spacial score (nSPS) is 17.7. The summed E-state index contributed by atoms with van der Waals surface area (Å²) >= 11 is 5.62. The molecule has 1 unspecified atom stereocenters. The molecule has 144 valence electrons. The van der Waals surface area contributed by atoms with Crippen molar-refractivity contribution in [1.29, 1.82) is 0 Å². The summed E-state index contributed by atoms with van der Waals surface area (Å²) in [5.41, 5.74) is -0.627. The van der Waals surface area contributed by atoms with Crippen LogP contribution in [0.5, 0.6) is 0 Å². The van der Waals surface area contributed by atoms with Crippen molar-refractivity contribution in [1.82, 2.24) is 14.9 Å². The number of nitrogens with zero attached hydrogens (tertiary/aromatic N) is 3. The molecule has 1 N–H and O–H groups in total. The molecule has 1 aromatic carbocycles. The van der Waals surface area contributed by atoms with Crippen LogP contribution in [0.25, 0.3) is 0 Å². The number of halogens is 4. The molecule has 1 aliphatic rings. The summed E-state index contributed by atoms with van der Waals surface area (Å²) in [6.07, 6.45) is -1.15. The highest BCUT2D eigenvalue weighted by molar-refractivity contribution is 6.31. The van der Waals surface area contributed by atoms with E-state index in [2.05, 4.69) is 22.2 Å². The van der Waals surface area contributed by atoms with Gasteiger partial charge in [-0.2, -0.15) is 13.2 Å². The molecule has 1 aliphatic heterocycles. The van der Waals surface area contributed by atoms with Gasteiger partial charge < -0.3 is 10.2 Å². The Kier molecular flexibility index (Phi) is 5.55. The van der Waals surface area contributed by atoms with Gasteiger partial charge in [0.25, 0.3) is 5.91 Å². The number of piperidine rings is 1. The lowest BCUT2D eigenvalue weighted by molar-refractivity contribution is -0.137. The van der Waals surface area contributed by atoms with Gasteiger partial charge in [-0.05, 0) is 43.0 Å². The van der Waals surface area contributed by atoms with Gasteiger partial charge in [0, 0.05) is 25.0 Å². The van der Waals surface area contributed by atoms with Crippen molar-refractivity contribution in [3.63, 3.8) is 0 Å². The molecule has 2 heterocycles. The molecule has 27 heavy (non-hydrogen) atoms. The minimum absolute atomic E-state index is 0.0429. The molecule has 9 heteroatoms. The van der Waals surface area contributed by atoms with E-state index < -0.39 is 16.8 Å². The second-order valence-electron chi connectivity index (χ2n) is 6.58. The number of nitrogens with one attached hydrogen (secondary N) is 1. The Balaban J connectivity index is 1.79. The number of carbonyl (C=O) groups is 1. The first-order valence-corrected chi connectivity index (χ1v) is 8.88. The minimum Gasteiger partial charge on any atom is -0.337 e. The average molecular weight is 399 g/mol. The molecule has 1 amide bonds. The molecule has 1 atom stereocenters. The number of hydrogen-bond acceptors (Lipinski definition) is 4. The van der Waals surface area contributed by atoms with E-state index in [0.717, 1.165) is 25.0 Å². The van der Waals surface area contributed by atoms with Gasteiger partial charge in [-0.15, -0.1) is 0 Å². The maximum atomic E-state index is 13.0. The standard InChI is InChI=1S/C18H18ClF3N4O/c1-11-3-2-8-26(10-11)16(27)15-6-7-23-17(25-15)24-12-4-5-14(19)13(9-12)18(20,21)22/h4-7,9,11H,2-3,8,10H2,1H3,(H,23,24,25). The van der Waals surface area contributed by atoms with Crippen LogP contribution in [-0.2, 0) is 6.18 Å². The van der Waals surface area contributed by atoms with Gasteiger partial charge in [0.2, 0.25) is 5.95 Å². The first kappa shape index (κ1) is 19.4. The number of benzene rings is 1. The van der Waals surface area contributed by atoms with Crippen LogP contribution >= 0.6 is 11.6 Å². The number of carbonyl (C=O) groups excluding carboxylic acids is 1. The Morgan fingerprint density at radius 3 is 2.81 bits per heavy atom. The van der Waals surface area contributed by atoms with Crippen LogP contribution in [0.15, 0.2) is 30.5 Å². The predicted octanol–water partition coefficient (Wildman–Crippen LogP) is 4.76. The molecule has 5 nitrogen and oxygen atoms in total. The number of rotatable bonds is 3. The van der Waals surface area contributed by atoms with Crippen molar-refractivity contribution in [3.8, 4) is 0 Å².